The van der Waals surface area contributed by atoms with E-state index in [1.165, 1.54) is 0 Å². The molecule has 64 valence electrons. The summed E-state index contributed by atoms with van der Waals surface area (Å²) in [5, 5.41) is 11.4. The van der Waals surface area contributed by atoms with Crippen LogP contribution in [0.15, 0.2) is 0 Å². The summed E-state index contributed by atoms with van der Waals surface area (Å²) in [6.07, 6.45) is 1.23. The van der Waals surface area contributed by atoms with Crippen LogP contribution in [0.2, 0.25) is 0 Å². The molecule has 3 atom stereocenters. The first-order valence-corrected chi connectivity index (χ1v) is 3.91. The van der Waals surface area contributed by atoms with Crippen LogP contribution in [0.5, 0.6) is 0 Å². The van der Waals surface area contributed by atoms with E-state index < -0.39 is 17.9 Å². The van der Waals surface area contributed by atoms with Crippen molar-refractivity contribution in [3.63, 3.8) is 0 Å². The van der Waals surface area contributed by atoms with Crippen molar-refractivity contribution in [2.45, 2.75) is 30.8 Å². The number of hydrogen-bond donors (Lipinski definition) is 2. The third kappa shape index (κ3) is 0.964. The lowest BCUT2D eigenvalue weighted by molar-refractivity contribution is 0.0912. The second-order valence-electron chi connectivity index (χ2n) is 3.38. The highest BCUT2D eigenvalue weighted by atomic mass is 19.3. The second-order valence-corrected chi connectivity index (χ2v) is 3.38. The highest BCUT2D eigenvalue weighted by Gasteiger charge is 2.69. The van der Waals surface area contributed by atoms with Crippen LogP contribution < -0.4 is 5.32 Å². The lowest BCUT2D eigenvalue weighted by atomic mass is 10.1. The molecule has 1 aliphatic heterocycles. The number of fused-ring (bicyclic) bond motifs is 1. The van der Waals surface area contributed by atoms with Gasteiger partial charge in [0, 0.05) is 12.0 Å². The van der Waals surface area contributed by atoms with Crippen LogP contribution in [0.4, 0.5) is 8.78 Å². The van der Waals surface area contributed by atoms with Crippen LogP contribution in [0.3, 0.4) is 0 Å². The molecule has 0 unspecified atom stereocenters. The summed E-state index contributed by atoms with van der Waals surface area (Å²) in [4.78, 5) is 0. The molecule has 2 rings (SSSR count). The minimum atomic E-state index is -2.50. The Hall–Kier alpha value is -0.220. The summed E-state index contributed by atoms with van der Waals surface area (Å²) >= 11 is 0. The molecule has 0 aromatic rings. The predicted molar refractivity (Wildman–Crippen MR) is 35.5 cm³/mol. The molecule has 0 amide bonds. The maximum Gasteiger partial charge on any atom is 0.268 e. The zero-order valence-corrected chi connectivity index (χ0v) is 6.06. The summed E-state index contributed by atoms with van der Waals surface area (Å²) in [6.45, 7) is -0.0285. The normalized spacial score (nSPS) is 46.6. The molecule has 4 heteroatoms. The van der Waals surface area contributed by atoms with Gasteiger partial charge < -0.3 is 10.4 Å². The Bertz CT molecular complexity index is 174. The van der Waals surface area contributed by atoms with Crippen molar-refractivity contribution in [3.05, 3.63) is 0 Å². The molecule has 2 fully saturated rings. The van der Waals surface area contributed by atoms with Crippen molar-refractivity contribution in [3.8, 4) is 0 Å². The molecule has 1 heterocycles. The Kier molecular flexibility index (Phi) is 1.44. The smallest absolute Gasteiger partial charge is 0.268 e. The van der Waals surface area contributed by atoms with E-state index in [0.717, 1.165) is 0 Å². The summed E-state index contributed by atoms with van der Waals surface area (Å²) in [5.74, 6) is -2.95. The summed E-state index contributed by atoms with van der Waals surface area (Å²) in [7, 11) is 0. The number of aliphatic hydroxyl groups is 1. The van der Waals surface area contributed by atoms with Gasteiger partial charge in [0.25, 0.3) is 5.92 Å². The summed E-state index contributed by atoms with van der Waals surface area (Å²) in [5.41, 5.74) is 0. The largest absolute Gasteiger partial charge is 0.395 e. The molecule has 1 aliphatic carbocycles. The Morgan fingerprint density at radius 1 is 1.45 bits per heavy atom. The topological polar surface area (TPSA) is 32.3 Å². The van der Waals surface area contributed by atoms with Gasteiger partial charge in [0.1, 0.15) is 0 Å². The van der Waals surface area contributed by atoms with Crippen molar-refractivity contribution in [1.82, 2.24) is 5.32 Å². The van der Waals surface area contributed by atoms with Crippen LogP contribution in [0.25, 0.3) is 0 Å². The Labute approximate surface area is 63.6 Å². The first-order chi connectivity index (χ1) is 5.16. The van der Waals surface area contributed by atoms with E-state index in [4.69, 9.17) is 5.11 Å². The molecule has 2 aliphatic rings. The molecule has 1 saturated heterocycles. The van der Waals surface area contributed by atoms with E-state index in [-0.39, 0.29) is 12.6 Å². The number of piperidine rings is 1. The van der Waals surface area contributed by atoms with Crippen molar-refractivity contribution >= 4 is 0 Å². The maximum absolute atomic E-state index is 12.7. The van der Waals surface area contributed by atoms with Crippen LogP contribution in [0, 0.1) is 5.92 Å². The fourth-order valence-corrected chi connectivity index (χ4v) is 1.84. The predicted octanol–water partition coefficient (Wildman–Crippen LogP) is 0.364. The van der Waals surface area contributed by atoms with Gasteiger partial charge >= 0.3 is 0 Å². The first kappa shape index (κ1) is 7.43. The van der Waals surface area contributed by atoms with E-state index in [2.05, 4.69) is 5.32 Å². The standard InChI is InChI=1S/C7H11F2NO/c8-7(9)5-2-1-4(3-11)10-6(5)7/h4-6,10-11H,1-3H2/t4-,5+,6-/m1/s1. The second kappa shape index (κ2) is 2.14. The van der Waals surface area contributed by atoms with E-state index in [1.54, 1.807) is 0 Å². The van der Waals surface area contributed by atoms with Crippen molar-refractivity contribution in [1.29, 1.82) is 0 Å². The lowest BCUT2D eigenvalue weighted by Gasteiger charge is -2.18. The SMILES string of the molecule is OC[C@H]1CC[C@H]2[C@@H](N1)C2(F)F. The van der Waals surface area contributed by atoms with Crippen LogP contribution >= 0.6 is 0 Å². The highest BCUT2D eigenvalue weighted by Crippen LogP contribution is 2.53. The highest BCUT2D eigenvalue weighted by molar-refractivity contribution is 5.14. The number of rotatable bonds is 1. The molecule has 0 bridgehead atoms. The molecule has 0 spiro atoms. The fraction of sp³-hybridized carbons (Fsp3) is 1.00. The first-order valence-electron chi connectivity index (χ1n) is 3.91. The molecule has 2 N–H and O–H groups in total. The molecule has 0 aromatic heterocycles. The van der Waals surface area contributed by atoms with E-state index in [0.29, 0.717) is 12.8 Å². The average molecular weight is 163 g/mol. The van der Waals surface area contributed by atoms with Crippen LogP contribution in [-0.2, 0) is 0 Å². The molecular formula is C7H11F2NO. The number of aliphatic hydroxyl groups excluding tert-OH is 1. The summed E-state index contributed by atoms with van der Waals surface area (Å²) < 4.78 is 25.3. The van der Waals surface area contributed by atoms with Crippen molar-refractivity contribution in [2.24, 2.45) is 5.92 Å². The van der Waals surface area contributed by atoms with E-state index in [9.17, 15) is 8.78 Å². The van der Waals surface area contributed by atoms with Crippen molar-refractivity contribution in [2.75, 3.05) is 6.61 Å². The zero-order chi connectivity index (χ0) is 8.06. The molecule has 11 heavy (non-hydrogen) atoms. The third-order valence-electron chi connectivity index (χ3n) is 2.66. The van der Waals surface area contributed by atoms with Crippen molar-refractivity contribution < 1.29 is 13.9 Å². The summed E-state index contributed by atoms with van der Waals surface area (Å²) in [6, 6.07) is -0.752. The minimum Gasteiger partial charge on any atom is -0.395 e. The Morgan fingerprint density at radius 3 is 2.73 bits per heavy atom. The molecule has 0 aromatic carbocycles. The van der Waals surface area contributed by atoms with Crippen LogP contribution in [0.1, 0.15) is 12.8 Å². The van der Waals surface area contributed by atoms with Gasteiger partial charge in [-0.05, 0) is 12.8 Å². The fourth-order valence-electron chi connectivity index (χ4n) is 1.84. The number of nitrogens with one attached hydrogen (secondary N) is 1. The van der Waals surface area contributed by atoms with E-state index >= 15 is 0 Å². The lowest BCUT2D eigenvalue weighted by Crippen LogP contribution is -2.39. The third-order valence-corrected chi connectivity index (χ3v) is 2.66. The van der Waals surface area contributed by atoms with Gasteiger partial charge in [-0.2, -0.15) is 0 Å². The number of hydrogen-bond acceptors (Lipinski definition) is 2. The number of alkyl halides is 2. The number of halogens is 2. The maximum atomic E-state index is 12.7. The van der Waals surface area contributed by atoms with Gasteiger partial charge in [-0.25, -0.2) is 8.78 Å². The zero-order valence-electron chi connectivity index (χ0n) is 6.06. The monoisotopic (exact) mass is 163 g/mol. The molecule has 1 saturated carbocycles. The minimum absolute atomic E-state index is 0.0285. The molecule has 0 radical (unpaired) electrons. The van der Waals surface area contributed by atoms with Gasteiger partial charge in [-0.15, -0.1) is 0 Å². The molecule has 2 nitrogen and oxygen atoms in total. The van der Waals surface area contributed by atoms with Crippen LogP contribution in [-0.4, -0.2) is 29.7 Å². The Balaban J connectivity index is 1.97. The van der Waals surface area contributed by atoms with Gasteiger partial charge in [0.2, 0.25) is 0 Å². The van der Waals surface area contributed by atoms with Gasteiger partial charge in [-0.3, -0.25) is 0 Å². The molecular weight excluding hydrogens is 152 g/mol. The average Bonchev–Trinajstić information content (AvgIpc) is 2.55. The quantitative estimate of drug-likeness (QED) is 0.585. The van der Waals surface area contributed by atoms with Gasteiger partial charge in [-0.1, -0.05) is 0 Å². The van der Waals surface area contributed by atoms with Gasteiger partial charge in [0.05, 0.1) is 12.6 Å². The Morgan fingerprint density at radius 2 is 2.18 bits per heavy atom. The van der Waals surface area contributed by atoms with E-state index in [1.807, 2.05) is 0 Å². The van der Waals surface area contributed by atoms with Gasteiger partial charge in [0.15, 0.2) is 0 Å².